The first-order valence-corrected chi connectivity index (χ1v) is 6.71. The van der Waals surface area contributed by atoms with Gasteiger partial charge in [-0.2, -0.15) is 0 Å². The summed E-state index contributed by atoms with van der Waals surface area (Å²) in [5.74, 6) is 1.55. The Balaban J connectivity index is 2.16. The van der Waals surface area contributed by atoms with Crippen molar-refractivity contribution in [3.8, 4) is 5.75 Å². The van der Waals surface area contributed by atoms with Crippen molar-refractivity contribution in [3.63, 3.8) is 0 Å². The van der Waals surface area contributed by atoms with E-state index < -0.39 is 0 Å². The molecule has 106 valence electrons. The predicted molar refractivity (Wildman–Crippen MR) is 77.5 cm³/mol. The van der Waals surface area contributed by atoms with E-state index in [4.69, 9.17) is 4.74 Å². The van der Waals surface area contributed by atoms with E-state index in [-0.39, 0.29) is 17.3 Å². The van der Waals surface area contributed by atoms with E-state index in [2.05, 4.69) is 9.97 Å². The van der Waals surface area contributed by atoms with Crippen LogP contribution in [0.25, 0.3) is 0 Å². The van der Waals surface area contributed by atoms with Crippen molar-refractivity contribution < 1.29 is 9.53 Å². The van der Waals surface area contributed by atoms with Crippen LogP contribution in [-0.2, 0) is 4.79 Å². The molecule has 0 aliphatic rings. The lowest BCUT2D eigenvalue weighted by atomic mass is 9.87. The highest BCUT2D eigenvalue weighted by atomic mass is 16.5. The maximum Gasteiger partial charge on any atom is 0.163 e. The molecule has 1 aromatic heterocycles. The number of ether oxygens (including phenoxy) is 1. The Morgan fingerprint density at radius 2 is 2.00 bits per heavy atom. The fourth-order valence-electron chi connectivity index (χ4n) is 1.79. The molecule has 1 heterocycles. The number of para-hydroxylation sites is 1. The zero-order chi connectivity index (χ0) is 14.6. The molecule has 1 aromatic carbocycles. The molecule has 0 amide bonds. The van der Waals surface area contributed by atoms with Crippen LogP contribution in [0.2, 0.25) is 0 Å². The highest BCUT2D eigenvalue weighted by molar-refractivity contribution is 5.84. The van der Waals surface area contributed by atoms with E-state index in [9.17, 15) is 4.79 Å². The molecular formula is C16H20N2O2. The number of Topliss-reactive ketones (excluding diaryl/α,β-unsaturated/α-hetero) is 1. The number of imidazole rings is 1. The van der Waals surface area contributed by atoms with Gasteiger partial charge in [-0.1, -0.05) is 39.0 Å². The van der Waals surface area contributed by atoms with Crippen LogP contribution in [0.1, 0.15) is 39.1 Å². The Bertz CT molecular complexity index is 542. The fraction of sp³-hybridized carbons (Fsp3) is 0.375. The van der Waals surface area contributed by atoms with Crippen molar-refractivity contribution in [1.82, 2.24) is 9.97 Å². The summed E-state index contributed by atoms with van der Waals surface area (Å²) in [6, 6.07) is 9.48. The van der Waals surface area contributed by atoms with Gasteiger partial charge in [0.15, 0.2) is 6.10 Å². The second-order valence-corrected chi connectivity index (χ2v) is 5.77. The molecule has 0 aliphatic carbocycles. The summed E-state index contributed by atoms with van der Waals surface area (Å²) in [6.07, 6.45) is 3.31. The van der Waals surface area contributed by atoms with Gasteiger partial charge in [-0.15, -0.1) is 0 Å². The summed E-state index contributed by atoms with van der Waals surface area (Å²) in [5.41, 5.74) is -0.384. The minimum atomic E-state index is -0.390. The van der Waals surface area contributed by atoms with Gasteiger partial charge in [-0.05, 0) is 12.1 Å². The highest BCUT2D eigenvalue weighted by Crippen LogP contribution is 2.27. The topological polar surface area (TPSA) is 55.0 Å². The lowest BCUT2D eigenvalue weighted by molar-refractivity contribution is -0.128. The molecule has 0 spiro atoms. The molecule has 4 nitrogen and oxygen atoms in total. The third kappa shape index (κ3) is 3.70. The van der Waals surface area contributed by atoms with E-state index in [0.717, 1.165) is 5.75 Å². The first-order chi connectivity index (χ1) is 9.47. The normalized spacial score (nSPS) is 12.9. The van der Waals surface area contributed by atoms with Gasteiger partial charge in [-0.25, -0.2) is 4.98 Å². The molecule has 1 N–H and O–H groups in total. The molecule has 0 bridgehead atoms. The van der Waals surface area contributed by atoms with Gasteiger partial charge in [0.2, 0.25) is 0 Å². The minimum absolute atomic E-state index is 0.148. The molecule has 1 atom stereocenters. The van der Waals surface area contributed by atoms with E-state index in [1.54, 1.807) is 12.4 Å². The van der Waals surface area contributed by atoms with Crippen LogP contribution >= 0.6 is 0 Å². The number of carbonyl (C=O) groups is 1. The molecule has 0 aliphatic heterocycles. The maximum atomic E-state index is 12.2. The first-order valence-electron chi connectivity index (χ1n) is 6.71. The average molecular weight is 272 g/mol. The second-order valence-electron chi connectivity index (χ2n) is 5.77. The predicted octanol–water partition coefficient (Wildman–Crippen LogP) is 3.54. The summed E-state index contributed by atoms with van der Waals surface area (Å²) in [7, 11) is 0. The summed E-state index contributed by atoms with van der Waals surface area (Å²) < 4.78 is 5.91. The molecule has 0 fully saturated rings. The lowest BCUT2D eigenvalue weighted by Gasteiger charge is -2.22. The molecule has 2 rings (SSSR count). The number of H-pyrrole nitrogens is 1. The fourth-order valence-corrected chi connectivity index (χ4v) is 1.79. The van der Waals surface area contributed by atoms with Crippen LogP contribution in [0.15, 0.2) is 42.7 Å². The largest absolute Gasteiger partial charge is 0.482 e. The van der Waals surface area contributed by atoms with Crippen LogP contribution in [-0.4, -0.2) is 15.8 Å². The Morgan fingerprint density at radius 3 is 2.55 bits per heavy atom. The van der Waals surface area contributed by atoms with Gasteiger partial charge < -0.3 is 9.72 Å². The lowest BCUT2D eigenvalue weighted by Crippen LogP contribution is -2.24. The van der Waals surface area contributed by atoms with E-state index in [1.165, 1.54) is 0 Å². The molecule has 4 heteroatoms. The van der Waals surface area contributed by atoms with Crippen molar-refractivity contribution in [3.05, 3.63) is 48.5 Å². The average Bonchev–Trinajstić information content (AvgIpc) is 2.92. The smallest absolute Gasteiger partial charge is 0.163 e. The van der Waals surface area contributed by atoms with E-state index in [0.29, 0.717) is 12.2 Å². The zero-order valence-electron chi connectivity index (χ0n) is 12.1. The second kappa shape index (κ2) is 5.90. The Kier molecular flexibility index (Phi) is 4.23. The monoisotopic (exact) mass is 272 g/mol. The highest BCUT2D eigenvalue weighted by Gasteiger charge is 2.27. The van der Waals surface area contributed by atoms with Crippen LogP contribution in [0.3, 0.4) is 0 Å². The summed E-state index contributed by atoms with van der Waals surface area (Å²) in [6.45, 7) is 5.74. The number of aromatic amines is 1. The van der Waals surface area contributed by atoms with Crippen molar-refractivity contribution in [1.29, 1.82) is 0 Å². The molecule has 0 saturated carbocycles. The molecule has 2 aromatic rings. The van der Waals surface area contributed by atoms with E-state index in [1.807, 2.05) is 51.1 Å². The number of ketones is 1. The minimum Gasteiger partial charge on any atom is -0.482 e. The number of aromatic nitrogens is 2. The van der Waals surface area contributed by atoms with Crippen molar-refractivity contribution in [2.24, 2.45) is 5.41 Å². The Morgan fingerprint density at radius 1 is 1.30 bits per heavy atom. The first kappa shape index (κ1) is 14.3. The molecule has 0 radical (unpaired) electrons. The van der Waals surface area contributed by atoms with Gasteiger partial charge >= 0.3 is 0 Å². The van der Waals surface area contributed by atoms with Gasteiger partial charge in [0, 0.05) is 17.8 Å². The number of nitrogens with one attached hydrogen (secondary N) is 1. The van der Waals surface area contributed by atoms with Crippen LogP contribution < -0.4 is 4.74 Å². The van der Waals surface area contributed by atoms with Gasteiger partial charge in [0.05, 0.1) is 6.42 Å². The number of carbonyl (C=O) groups excluding carboxylic acids is 1. The Hall–Kier alpha value is -2.10. The van der Waals surface area contributed by atoms with Gasteiger partial charge in [-0.3, -0.25) is 4.79 Å². The zero-order valence-corrected chi connectivity index (χ0v) is 12.1. The number of hydrogen-bond acceptors (Lipinski definition) is 3. The van der Waals surface area contributed by atoms with Crippen LogP contribution in [0.4, 0.5) is 0 Å². The van der Waals surface area contributed by atoms with Crippen molar-refractivity contribution >= 4 is 5.78 Å². The third-order valence-corrected chi connectivity index (χ3v) is 3.05. The number of rotatable bonds is 5. The number of nitrogens with zero attached hydrogens (tertiary/aromatic N) is 1. The standard InChI is InChI=1S/C16H20N2O2/c1-16(2,3)14(19)11-13(15-17-9-10-18-15)20-12-7-5-4-6-8-12/h4-10,13H,11H2,1-3H3,(H,17,18). The quantitative estimate of drug-likeness (QED) is 0.905. The maximum absolute atomic E-state index is 12.2. The number of hydrogen-bond donors (Lipinski definition) is 1. The third-order valence-electron chi connectivity index (χ3n) is 3.05. The summed E-state index contributed by atoms with van der Waals surface area (Å²) in [5, 5.41) is 0. The van der Waals surface area contributed by atoms with Gasteiger partial charge in [0.25, 0.3) is 0 Å². The van der Waals surface area contributed by atoms with Crippen LogP contribution in [0, 0.1) is 5.41 Å². The van der Waals surface area contributed by atoms with Gasteiger partial charge in [0.1, 0.15) is 17.4 Å². The van der Waals surface area contributed by atoms with E-state index >= 15 is 0 Å². The van der Waals surface area contributed by atoms with Crippen LogP contribution in [0.5, 0.6) is 5.75 Å². The van der Waals surface area contributed by atoms with Crippen molar-refractivity contribution in [2.45, 2.75) is 33.3 Å². The number of benzene rings is 1. The van der Waals surface area contributed by atoms with Crippen molar-refractivity contribution in [2.75, 3.05) is 0 Å². The SMILES string of the molecule is CC(C)(C)C(=O)CC(Oc1ccccc1)c1ncc[nH]1. The molecule has 1 unspecified atom stereocenters. The molecule has 20 heavy (non-hydrogen) atoms. The summed E-state index contributed by atoms with van der Waals surface area (Å²) >= 11 is 0. The molecule has 0 saturated heterocycles. The molecular weight excluding hydrogens is 252 g/mol. The summed E-state index contributed by atoms with van der Waals surface area (Å²) in [4.78, 5) is 19.5. The Labute approximate surface area is 119 Å².